The average molecular weight is 329 g/mol. The van der Waals surface area contributed by atoms with Gasteiger partial charge in [0.1, 0.15) is 17.5 Å². The molecule has 0 bridgehead atoms. The molecule has 0 aliphatic heterocycles. The molecule has 2 aromatic rings. The van der Waals surface area contributed by atoms with Gasteiger partial charge >= 0.3 is 0 Å². The molecule has 0 unspecified atom stereocenters. The first kappa shape index (κ1) is 16.4. The molecule has 0 radical (unpaired) electrons. The molecular weight excluding hydrogens is 306 g/mol. The van der Waals surface area contributed by atoms with Crippen molar-refractivity contribution in [3.63, 3.8) is 0 Å². The smallest absolute Gasteiger partial charge is 0.217 e. The summed E-state index contributed by atoms with van der Waals surface area (Å²) in [5, 5.41) is 14.9. The minimum Gasteiger partial charge on any atom is -0.383 e. The van der Waals surface area contributed by atoms with Gasteiger partial charge in [-0.05, 0) is 18.9 Å². The molecule has 24 heavy (non-hydrogen) atoms. The van der Waals surface area contributed by atoms with Gasteiger partial charge in [0.25, 0.3) is 0 Å². The average Bonchev–Trinajstić information content (AvgIpc) is 2.85. The standard InChI is InChI=1S/C16H23N7O/c1-10(24)20-13-6-12(7-13)16-22-21-14(23(16)2)9-18-8-11-4-3-5-19-15(11)17/h3-5,12-13,18H,6-9H2,1-2H3,(H2,17,19)(H,20,24). The molecule has 1 fully saturated rings. The highest BCUT2D eigenvalue weighted by molar-refractivity contribution is 5.73. The van der Waals surface area contributed by atoms with Crippen LogP contribution < -0.4 is 16.4 Å². The quantitative estimate of drug-likeness (QED) is 0.710. The third-order valence-electron chi connectivity index (χ3n) is 4.43. The van der Waals surface area contributed by atoms with Gasteiger partial charge in [-0.3, -0.25) is 4.79 Å². The van der Waals surface area contributed by atoms with Crippen molar-refractivity contribution in [2.45, 2.75) is 44.8 Å². The van der Waals surface area contributed by atoms with Crippen LogP contribution in [-0.4, -0.2) is 31.7 Å². The molecule has 0 atom stereocenters. The minimum atomic E-state index is 0.0241. The van der Waals surface area contributed by atoms with Crippen LogP contribution in [0.2, 0.25) is 0 Å². The summed E-state index contributed by atoms with van der Waals surface area (Å²) < 4.78 is 2.04. The zero-order valence-electron chi connectivity index (χ0n) is 14.0. The highest BCUT2D eigenvalue weighted by Gasteiger charge is 2.34. The van der Waals surface area contributed by atoms with Gasteiger partial charge in [0.2, 0.25) is 5.91 Å². The number of carbonyl (C=O) groups excluding carboxylic acids is 1. The molecule has 0 spiro atoms. The lowest BCUT2D eigenvalue weighted by atomic mass is 9.79. The molecule has 128 valence electrons. The minimum absolute atomic E-state index is 0.0241. The highest BCUT2D eigenvalue weighted by atomic mass is 16.1. The van der Waals surface area contributed by atoms with Crippen LogP contribution in [0, 0.1) is 0 Å². The molecule has 1 aliphatic rings. The van der Waals surface area contributed by atoms with Gasteiger partial charge in [-0.1, -0.05) is 6.07 Å². The van der Waals surface area contributed by atoms with Gasteiger partial charge in [0.15, 0.2) is 0 Å². The van der Waals surface area contributed by atoms with Crippen LogP contribution in [-0.2, 0) is 24.9 Å². The molecular formula is C16H23N7O. The lowest BCUT2D eigenvalue weighted by Gasteiger charge is -2.34. The van der Waals surface area contributed by atoms with Crippen molar-refractivity contribution >= 4 is 11.7 Å². The largest absolute Gasteiger partial charge is 0.383 e. The Balaban J connectivity index is 1.52. The van der Waals surface area contributed by atoms with Gasteiger partial charge in [0, 0.05) is 44.2 Å². The topological polar surface area (TPSA) is 111 Å². The normalized spacial score (nSPS) is 19.8. The predicted octanol–water partition coefficient (Wildman–Crippen LogP) is 0.464. The van der Waals surface area contributed by atoms with E-state index in [4.69, 9.17) is 5.73 Å². The number of pyridine rings is 1. The number of nitrogens with one attached hydrogen (secondary N) is 2. The lowest BCUT2D eigenvalue weighted by Crippen LogP contribution is -2.43. The predicted molar refractivity (Wildman–Crippen MR) is 89.8 cm³/mol. The van der Waals surface area contributed by atoms with Crippen LogP contribution in [0.5, 0.6) is 0 Å². The van der Waals surface area contributed by atoms with E-state index in [0.717, 1.165) is 30.1 Å². The molecule has 4 N–H and O–H groups in total. The Kier molecular flexibility index (Phi) is 4.75. The second kappa shape index (κ2) is 6.96. The van der Waals surface area contributed by atoms with Crippen LogP contribution in [0.3, 0.4) is 0 Å². The summed E-state index contributed by atoms with van der Waals surface area (Å²) in [6.45, 7) is 2.80. The van der Waals surface area contributed by atoms with E-state index in [0.29, 0.717) is 24.8 Å². The second-order valence-corrected chi connectivity index (χ2v) is 6.25. The van der Waals surface area contributed by atoms with E-state index in [1.165, 1.54) is 0 Å². The lowest BCUT2D eigenvalue weighted by molar-refractivity contribution is -0.120. The molecule has 1 amide bonds. The Morgan fingerprint density at radius 1 is 1.38 bits per heavy atom. The van der Waals surface area contributed by atoms with Gasteiger partial charge in [0.05, 0.1) is 6.54 Å². The third kappa shape index (κ3) is 3.53. The number of nitrogens with zero attached hydrogens (tertiary/aromatic N) is 4. The van der Waals surface area contributed by atoms with Gasteiger partial charge in [-0.2, -0.15) is 0 Å². The van der Waals surface area contributed by atoms with E-state index < -0.39 is 0 Å². The van der Waals surface area contributed by atoms with Crippen molar-refractivity contribution in [3.8, 4) is 0 Å². The number of rotatable bonds is 6. The Morgan fingerprint density at radius 2 is 2.17 bits per heavy atom. The number of carbonyl (C=O) groups is 1. The summed E-state index contributed by atoms with van der Waals surface area (Å²) in [5.41, 5.74) is 6.80. The Labute approximate surface area is 140 Å². The van der Waals surface area contributed by atoms with Crippen molar-refractivity contribution in [1.82, 2.24) is 30.4 Å². The number of aromatic nitrogens is 4. The fraction of sp³-hybridized carbons (Fsp3) is 0.500. The van der Waals surface area contributed by atoms with E-state index in [1.807, 2.05) is 23.7 Å². The molecule has 0 saturated heterocycles. The monoisotopic (exact) mass is 329 g/mol. The van der Waals surface area contributed by atoms with E-state index in [1.54, 1.807) is 13.1 Å². The van der Waals surface area contributed by atoms with Crippen molar-refractivity contribution in [3.05, 3.63) is 35.5 Å². The maximum Gasteiger partial charge on any atom is 0.217 e. The Hall–Kier alpha value is -2.48. The first-order valence-corrected chi connectivity index (χ1v) is 8.10. The molecule has 8 heteroatoms. The first-order chi connectivity index (χ1) is 11.5. The fourth-order valence-corrected chi connectivity index (χ4v) is 3.03. The third-order valence-corrected chi connectivity index (χ3v) is 4.43. The molecule has 2 heterocycles. The van der Waals surface area contributed by atoms with E-state index in [2.05, 4.69) is 25.8 Å². The first-order valence-electron chi connectivity index (χ1n) is 8.10. The van der Waals surface area contributed by atoms with Crippen LogP contribution in [0.1, 0.15) is 42.9 Å². The molecule has 3 rings (SSSR count). The van der Waals surface area contributed by atoms with Gasteiger partial charge < -0.3 is 20.9 Å². The number of hydrogen-bond acceptors (Lipinski definition) is 6. The van der Waals surface area contributed by atoms with Crippen molar-refractivity contribution in [2.75, 3.05) is 5.73 Å². The summed E-state index contributed by atoms with van der Waals surface area (Å²) >= 11 is 0. The van der Waals surface area contributed by atoms with Crippen molar-refractivity contribution < 1.29 is 4.79 Å². The van der Waals surface area contributed by atoms with Gasteiger partial charge in [-0.15, -0.1) is 10.2 Å². The van der Waals surface area contributed by atoms with Crippen molar-refractivity contribution in [2.24, 2.45) is 7.05 Å². The number of hydrogen-bond donors (Lipinski definition) is 3. The maximum absolute atomic E-state index is 11.1. The number of anilines is 1. The zero-order chi connectivity index (χ0) is 17.1. The van der Waals surface area contributed by atoms with E-state index in [9.17, 15) is 4.79 Å². The molecule has 0 aromatic carbocycles. The summed E-state index contributed by atoms with van der Waals surface area (Å²) in [6.07, 6.45) is 3.52. The number of nitrogen functional groups attached to an aromatic ring is 1. The molecule has 1 aliphatic carbocycles. The van der Waals surface area contributed by atoms with Crippen LogP contribution in [0.4, 0.5) is 5.82 Å². The number of amides is 1. The van der Waals surface area contributed by atoms with Gasteiger partial charge in [-0.25, -0.2) is 4.98 Å². The maximum atomic E-state index is 11.1. The molecule has 1 saturated carbocycles. The SMILES string of the molecule is CC(=O)NC1CC(c2nnc(CNCc3cccnc3N)n2C)C1. The van der Waals surface area contributed by atoms with E-state index in [-0.39, 0.29) is 11.9 Å². The Bertz CT molecular complexity index is 721. The van der Waals surface area contributed by atoms with E-state index >= 15 is 0 Å². The fourth-order valence-electron chi connectivity index (χ4n) is 3.03. The summed E-state index contributed by atoms with van der Waals surface area (Å²) in [4.78, 5) is 15.1. The second-order valence-electron chi connectivity index (χ2n) is 6.25. The Morgan fingerprint density at radius 3 is 2.88 bits per heavy atom. The highest BCUT2D eigenvalue weighted by Crippen LogP contribution is 2.35. The number of nitrogens with two attached hydrogens (primary N) is 1. The molecule has 8 nitrogen and oxygen atoms in total. The summed E-state index contributed by atoms with van der Waals surface area (Å²) in [7, 11) is 1.98. The van der Waals surface area contributed by atoms with Crippen molar-refractivity contribution in [1.29, 1.82) is 0 Å². The summed E-state index contributed by atoms with van der Waals surface area (Å²) in [6, 6.07) is 4.09. The van der Waals surface area contributed by atoms with Crippen LogP contribution in [0.15, 0.2) is 18.3 Å². The summed E-state index contributed by atoms with van der Waals surface area (Å²) in [5.74, 6) is 2.80. The van der Waals surface area contributed by atoms with Crippen LogP contribution in [0.25, 0.3) is 0 Å². The van der Waals surface area contributed by atoms with Crippen LogP contribution >= 0.6 is 0 Å². The zero-order valence-corrected chi connectivity index (χ0v) is 14.0. The molecule has 2 aromatic heterocycles.